The standard InChI is InChI=1S/C18H21F2N3O3/c19-18(20)8-12(9-18)11-1-2-15-14(7-11)23(17(25)26-15)13-3-5-22(6-4-13)10-16(21)24/h1-2,7,12-13H,3-6,8-10H2,(H2,21,24). The first-order chi connectivity index (χ1) is 12.3. The van der Waals surface area contributed by atoms with E-state index in [0.717, 1.165) is 5.56 Å². The molecule has 140 valence electrons. The summed E-state index contributed by atoms with van der Waals surface area (Å²) < 4.78 is 33.3. The average molecular weight is 365 g/mol. The topological polar surface area (TPSA) is 81.5 Å². The van der Waals surface area contributed by atoms with Crippen LogP contribution in [-0.2, 0) is 4.79 Å². The number of carbonyl (C=O) groups is 1. The molecule has 1 aromatic heterocycles. The molecule has 1 saturated heterocycles. The Kier molecular flexibility index (Phi) is 4.10. The number of fused-ring (bicyclic) bond motifs is 1. The Morgan fingerprint density at radius 1 is 1.27 bits per heavy atom. The van der Waals surface area contributed by atoms with E-state index >= 15 is 0 Å². The fraction of sp³-hybridized carbons (Fsp3) is 0.556. The Morgan fingerprint density at radius 3 is 2.58 bits per heavy atom. The Labute approximate surface area is 148 Å². The van der Waals surface area contributed by atoms with Crippen LogP contribution in [0.1, 0.15) is 43.2 Å². The molecule has 6 nitrogen and oxygen atoms in total. The number of aromatic nitrogens is 1. The lowest BCUT2D eigenvalue weighted by Crippen LogP contribution is -2.41. The van der Waals surface area contributed by atoms with Crippen molar-refractivity contribution in [1.82, 2.24) is 9.47 Å². The van der Waals surface area contributed by atoms with Crippen molar-refractivity contribution in [2.45, 2.75) is 43.6 Å². The minimum atomic E-state index is -2.58. The molecule has 26 heavy (non-hydrogen) atoms. The molecule has 4 rings (SSSR count). The molecule has 1 amide bonds. The normalized spacial score (nSPS) is 21.8. The first kappa shape index (κ1) is 17.2. The second kappa shape index (κ2) is 6.19. The van der Waals surface area contributed by atoms with Gasteiger partial charge in [0.1, 0.15) is 0 Å². The van der Waals surface area contributed by atoms with E-state index in [1.807, 2.05) is 11.0 Å². The van der Waals surface area contributed by atoms with Gasteiger partial charge in [0.15, 0.2) is 5.58 Å². The Balaban J connectivity index is 1.58. The van der Waals surface area contributed by atoms with Gasteiger partial charge in [0.25, 0.3) is 0 Å². The number of amides is 1. The maximum atomic E-state index is 13.2. The van der Waals surface area contributed by atoms with Crippen molar-refractivity contribution in [3.05, 3.63) is 34.3 Å². The van der Waals surface area contributed by atoms with Gasteiger partial charge in [-0.15, -0.1) is 0 Å². The number of hydrogen-bond acceptors (Lipinski definition) is 4. The lowest BCUT2D eigenvalue weighted by molar-refractivity contribution is -0.119. The summed E-state index contributed by atoms with van der Waals surface area (Å²) in [6.45, 7) is 1.55. The number of nitrogens with zero attached hydrogens (tertiary/aromatic N) is 2. The molecule has 0 radical (unpaired) electrons. The monoisotopic (exact) mass is 365 g/mol. The van der Waals surface area contributed by atoms with Crippen molar-refractivity contribution in [3.8, 4) is 0 Å². The molecule has 1 aliphatic heterocycles. The first-order valence-electron chi connectivity index (χ1n) is 8.86. The van der Waals surface area contributed by atoms with E-state index in [2.05, 4.69) is 0 Å². The number of oxazole rings is 1. The molecule has 1 saturated carbocycles. The Morgan fingerprint density at radius 2 is 1.96 bits per heavy atom. The van der Waals surface area contributed by atoms with E-state index in [9.17, 15) is 18.4 Å². The number of likely N-dealkylation sites (tertiary alicyclic amines) is 1. The summed E-state index contributed by atoms with van der Waals surface area (Å²) in [6.07, 6.45) is 1.11. The zero-order chi connectivity index (χ0) is 18.5. The number of hydrogen-bond donors (Lipinski definition) is 1. The van der Waals surface area contributed by atoms with Crippen LogP contribution >= 0.6 is 0 Å². The molecule has 1 aliphatic carbocycles. The minimum absolute atomic E-state index is 0.0361. The number of primary amides is 1. The molecule has 2 fully saturated rings. The molecule has 0 spiro atoms. The number of benzene rings is 1. The van der Waals surface area contributed by atoms with Crippen molar-refractivity contribution in [2.75, 3.05) is 19.6 Å². The van der Waals surface area contributed by atoms with Gasteiger partial charge in [0.05, 0.1) is 12.1 Å². The molecule has 2 aromatic rings. The number of rotatable bonds is 4. The predicted octanol–water partition coefficient (Wildman–Crippen LogP) is 2.23. The van der Waals surface area contributed by atoms with Crippen LogP contribution in [0.4, 0.5) is 8.78 Å². The van der Waals surface area contributed by atoms with E-state index in [4.69, 9.17) is 10.2 Å². The van der Waals surface area contributed by atoms with Crippen molar-refractivity contribution in [2.24, 2.45) is 5.73 Å². The largest absolute Gasteiger partial charge is 0.420 e. The highest BCUT2D eigenvalue weighted by atomic mass is 19.3. The van der Waals surface area contributed by atoms with E-state index in [1.165, 1.54) is 0 Å². The highest BCUT2D eigenvalue weighted by molar-refractivity contribution is 5.76. The van der Waals surface area contributed by atoms with E-state index < -0.39 is 11.7 Å². The highest BCUT2D eigenvalue weighted by Crippen LogP contribution is 2.48. The average Bonchev–Trinajstić information content (AvgIpc) is 2.88. The zero-order valence-electron chi connectivity index (χ0n) is 14.3. The third-order valence-corrected chi connectivity index (χ3v) is 5.50. The summed E-state index contributed by atoms with van der Waals surface area (Å²) in [5.41, 5.74) is 7.19. The van der Waals surface area contributed by atoms with Crippen molar-refractivity contribution in [3.63, 3.8) is 0 Å². The molecular weight excluding hydrogens is 344 g/mol. The van der Waals surface area contributed by atoms with Crippen molar-refractivity contribution in [1.29, 1.82) is 0 Å². The third-order valence-electron chi connectivity index (χ3n) is 5.50. The molecule has 0 atom stereocenters. The number of carbonyl (C=O) groups excluding carboxylic acids is 1. The van der Waals surface area contributed by atoms with E-state index in [-0.39, 0.29) is 37.3 Å². The number of halogens is 2. The highest BCUT2D eigenvalue weighted by Gasteiger charge is 2.45. The van der Waals surface area contributed by atoms with Crippen LogP contribution in [0.2, 0.25) is 0 Å². The molecule has 1 aromatic carbocycles. The predicted molar refractivity (Wildman–Crippen MR) is 91.3 cm³/mol. The molecule has 2 N–H and O–H groups in total. The van der Waals surface area contributed by atoms with Gasteiger partial charge in [-0.2, -0.15) is 0 Å². The fourth-order valence-electron chi connectivity index (χ4n) is 4.10. The van der Waals surface area contributed by atoms with Gasteiger partial charge in [-0.1, -0.05) is 6.07 Å². The van der Waals surface area contributed by atoms with Gasteiger partial charge in [-0.05, 0) is 36.5 Å². The summed E-state index contributed by atoms with van der Waals surface area (Å²) in [6, 6.07) is 5.24. The SMILES string of the molecule is NC(=O)CN1CCC(n2c(=O)oc3ccc(C4CC(F)(F)C4)cc32)CC1. The maximum Gasteiger partial charge on any atom is 0.420 e. The van der Waals surface area contributed by atoms with Crippen LogP contribution in [0.3, 0.4) is 0 Å². The van der Waals surface area contributed by atoms with Crippen LogP contribution in [0.15, 0.2) is 27.4 Å². The van der Waals surface area contributed by atoms with Gasteiger partial charge in [-0.25, -0.2) is 13.6 Å². The third kappa shape index (κ3) is 3.13. The van der Waals surface area contributed by atoms with Gasteiger partial charge in [0, 0.05) is 32.0 Å². The van der Waals surface area contributed by atoms with Crippen LogP contribution in [0, 0.1) is 0 Å². The number of piperidine rings is 1. The summed E-state index contributed by atoms with van der Waals surface area (Å²) in [5.74, 6) is -3.55. The van der Waals surface area contributed by atoms with Crippen LogP contribution in [-0.4, -0.2) is 40.9 Å². The first-order valence-corrected chi connectivity index (χ1v) is 8.86. The molecule has 2 aliphatic rings. The van der Waals surface area contributed by atoms with E-state index in [0.29, 0.717) is 37.0 Å². The second-order valence-corrected chi connectivity index (χ2v) is 7.40. The van der Waals surface area contributed by atoms with E-state index in [1.54, 1.807) is 16.7 Å². The quantitative estimate of drug-likeness (QED) is 0.901. The fourth-order valence-corrected chi connectivity index (χ4v) is 4.10. The zero-order valence-corrected chi connectivity index (χ0v) is 14.3. The van der Waals surface area contributed by atoms with Crippen molar-refractivity contribution < 1.29 is 18.0 Å². The van der Waals surface area contributed by atoms with Gasteiger partial charge < -0.3 is 10.2 Å². The summed E-state index contributed by atoms with van der Waals surface area (Å²) in [7, 11) is 0. The van der Waals surface area contributed by atoms with Gasteiger partial charge in [-0.3, -0.25) is 14.3 Å². The Hall–Kier alpha value is -2.22. The smallest absolute Gasteiger partial charge is 0.408 e. The number of nitrogens with two attached hydrogens (primary N) is 1. The molecule has 2 heterocycles. The molecule has 0 bridgehead atoms. The summed E-state index contributed by atoms with van der Waals surface area (Å²) in [5, 5.41) is 0. The minimum Gasteiger partial charge on any atom is -0.408 e. The van der Waals surface area contributed by atoms with Crippen LogP contribution < -0.4 is 11.5 Å². The summed E-state index contributed by atoms with van der Waals surface area (Å²) >= 11 is 0. The lowest BCUT2D eigenvalue weighted by Gasteiger charge is -2.35. The van der Waals surface area contributed by atoms with Gasteiger partial charge >= 0.3 is 5.76 Å². The van der Waals surface area contributed by atoms with Crippen LogP contribution in [0.25, 0.3) is 11.1 Å². The molecule has 0 unspecified atom stereocenters. The second-order valence-electron chi connectivity index (χ2n) is 7.40. The van der Waals surface area contributed by atoms with Crippen LogP contribution in [0.5, 0.6) is 0 Å². The van der Waals surface area contributed by atoms with Gasteiger partial charge in [0.2, 0.25) is 11.8 Å². The Bertz CT molecular complexity index is 889. The molecule has 8 heteroatoms. The lowest BCUT2D eigenvalue weighted by atomic mass is 9.77. The number of alkyl halides is 2. The summed E-state index contributed by atoms with van der Waals surface area (Å²) in [4.78, 5) is 25.4. The van der Waals surface area contributed by atoms with Crippen molar-refractivity contribution >= 4 is 17.0 Å². The maximum absolute atomic E-state index is 13.2. The molecular formula is C18H21F2N3O3.